The SMILES string of the molecule is CC(Oc1cccc2ccccc12)C(=O)NCCCN1CCOCC1. The minimum absolute atomic E-state index is 0.0742. The van der Waals surface area contributed by atoms with E-state index in [0.717, 1.165) is 55.8 Å². The molecular formula is C20H26N2O3. The molecule has 1 unspecified atom stereocenters. The minimum atomic E-state index is -0.519. The first kappa shape index (κ1) is 17.7. The topological polar surface area (TPSA) is 50.8 Å². The van der Waals surface area contributed by atoms with Crippen molar-refractivity contribution in [3.05, 3.63) is 42.5 Å². The Hall–Kier alpha value is -2.11. The fraction of sp³-hybridized carbons (Fsp3) is 0.450. The highest BCUT2D eigenvalue weighted by Gasteiger charge is 2.16. The van der Waals surface area contributed by atoms with Crippen LogP contribution in [0.15, 0.2) is 42.5 Å². The third-order valence-electron chi connectivity index (χ3n) is 4.48. The minimum Gasteiger partial charge on any atom is -0.480 e. The summed E-state index contributed by atoms with van der Waals surface area (Å²) in [5.41, 5.74) is 0. The maximum Gasteiger partial charge on any atom is 0.260 e. The van der Waals surface area contributed by atoms with Gasteiger partial charge < -0.3 is 14.8 Å². The fourth-order valence-electron chi connectivity index (χ4n) is 3.03. The van der Waals surface area contributed by atoms with Gasteiger partial charge in [-0.1, -0.05) is 36.4 Å². The largest absolute Gasteiger partial charge is 0.480 e. The van der Waals surface area contributed by atoms with Gasteiger partial charge in [0.05, 0.1) is 13.2 Å². The average Bonchev–Trinajstić information content (AvgIpc) is 2.66. The predicted molar refractivity (Wildman–Crippen MR) is 98.9 cm³/mol. The van der Waals surface area contributed by atoms with Crippen LogP contribution < -0.4 is 10.1 Å². The summed E-state index contributed by atoms with van der Waals surface area (Å²) >= 11 is 0. The van der Waals surface area contributed by atoms with E-state index in [0.29, 0.717) is 6.54 Å². The van der Waals surface area contributed by atoms with Gasteiger partial charge in [-0.05, 0) is 31.3 Å². The van der Waals surface area contributed by atoms with Crippen molar-refractivity contribution in [2.75, 3.05) is 39.4 Å². The van der Waals surface area contributed by atoms with E-state index in [9.17, 15) is 4.79 Å². The van der Waals surface area contributed by atoms with Crippen molar-refractivity contribution in [1.29, 1.82) is 0 Å². The zero-order valence-electron chi connectivity index (χ0n) is 14.7. The first-order chi connectivity index (χ1) is 12.2. The number of morpholine rings is 1. The average molecular weight is 342 g/mol. The summed E-state index contributed by atoms with van der Waals surface area (Å²) in [4.78, 5) is 14.6. The summed E-state index contributed by atoms with van der Waals surface area (Å²) < 4.78 is 11.2. The molecule has 134 valence electrons. The molecule has 1 aliphatic heterocycles. The van der Waals surface area contributed by atoms with E-state index in [2.05, 4.69) is 10.2 Å². The Bertz CT molecular complexity index is 693. The molecule has 0 bridgehead atoms. The Balaban J connectivity index is 1.45. The van der Waals surface area contributed by atoms with Crippen LogP contribution in [0, 0.1) is 0 Å². The monoisotopic (exact) mass is 342 g/mol. The van der Waals surface area contributed by atoms with Crippen LogP contribution >= 0.6 is 0 Å². The second-order valence-corrected chi connectivity index (χ2v) is 6.34. The summed E-state index contributed by atoms with van der Waals surface area (Å²) in [5.74, 6) is 0.670. The van der Waals surface area contributed by atoms with E-state index < -0.39 is 6.10 Å². The molecule has 2 aromatic carbocycles. The van der Waals surface area contributed by atoms with Gasteiger partial charge in [-0.2, -0.15) is 0 Å². The third kappa shape index (κ3) is 4.94. The normalized spacial score (nSPS) is 16.5. The highest BCUT2D eigenvalue weighted by molar-refractivity contribution is 5.89. The van der Waals surface area contributed by atoms with Gasteiger partial charge in [-0.15, -0.1) is 0 Å². The lowest BCUT2D eigenvalue weighted by molar-refractivity contribution is -0.127. The highest BCUT2D eigenvalue weighted by atomic mass is 16.5. The van der Waals surface area contributed by atoms with Crippen LogP contribution in [0.5, 0.6) is 5.75 Å². The second kappa shape index (κ2) is 8.83. The summed E-state index contributed by atoms with van der Waals surface area (Å²) in [6, 6.07) is 13.9. The van der Waals surface area contributed by atoms with Crippen LogP contribution in [0.1, 0.15) is 13.3 Å². The second-order valence-electron chi connectivity index (χ2n) is 6.34. The van der Waals surface area contributed by atoms with Crippen LogP contribution in [0.4, 0.5) is 0 Å². The number of nitrogens with zero attached hydrogens (tertiary/aromatic N) is 1. The van der Waals surface area contributed by atoms with Gasteiger partial charge in [-0.3, -0.25) is 9.69 Å². The lowest BCUT2D eigenvalue weighted by Crippen LogP contribution is -2.40. The first-order valence-corrected chi connectivity index (χ1v) is 8.96. The quantitative estimate of drug-likeness (QED) is 0.785. The fourth-order valence-corrected chi connectivity index (χ4v) is 3.03. The summed E-state index contributed by atoms with van der Waals surface area (Å²) in [5, 5.41) is 5.10. The molecular weight excluding hydrogens is 316 g/mol. The number of rotatable bonds is 7. The van der Waals surface area contributed by atoms with Crippen molar-refractivity contribution >= 4 is 16.7 Å². The van der Waals surface area contributed by atoms with E-state index >= 15 is 0 Å². The zero-order valence-corrected chi connectivity index (χ0v) is 14.7. The number of nitrogens with one attached hydrogen (secondary N) is 1. The van der Waals surface area contributed by atoms with Crippen molar-refractivity contribution in [1.82, 2.24) is 10.2 Å². The Morgan fingerprint density at radius 2 is 1.96 bits per heavy atom. The number of hydrogen-bond donors (Lipinski definition) is 1. The molecule has 2 aromatic rings. The van der Waals surface area contributed by atoms with Crippen LogP contribution in [0.3, 0.4) is 0 Å². The lowest BCUT2D eigenvalue weighted by atomic mass is 10.1. The van der Waals surface area contributed by atoms with Crippen LogP contribution in [0.25, 0.3) is 10.8 Å². The molecule has 0 spiro atoms. The molecule has 1 N–H and O–H groups in total. The molecule has 1 atom stereocenters. The van der Waals surface area contributed by atoms with Crippen LogP contribution in [-0.2, 0) is 9.53 Å². The molecule has 0 aromatic heterocycles. The van der Waals surface area contributed by atoms with Crippen molar-refractivity contribution < 1.29 is 14.3 Å². The molecule has 5 nitrogen and oxygen atoms in total. The van der Waals surface area contributed by atoms with Gasteiger partial charge in [0, 0.05) is 25.0 Å². The number of carbonyl (C=O) groups excluding carboxylic acids is 1. The van der Waals surface area contributed by atoms with E-state index in [1.807, 2.05) is 42.5 Å². The van der Waals surface area contributed by atoms with Gasteiger partial charge in [0.2, 0.25) is 0 Å². The van der Waals surface area contributed by atoms with Gasteiger partial charge in [-0.25, -0.2) is 0 Å². The van der Waals surface area contributed by atoms with Crippen LogP contribution in [0.2, 0.25) is 0 Å². The first-order valence-electron chi connectivity index (χ1n) is 8.96. The number of benzene rings is 2. The van der Waals surface area contributed by atoms with Crippen molar-refractivity contribution in [2.24, 2.45) is 0 Å². The van der Waals surface area contributed by atoms with E-state index in [-0.39, 0.29) is 5.91 Å². The van der Waals surface area contributed by atoms with Crippen molar-refractivity contribution in [2.45, 2.75) is 19.4 Å². The maximum absolute atomic E-state index is 12.3. The van der Waals surface area contributed by atoms with Gasteiger partial charge in [0.1, 0.15) is 5.75 Å². The Morgan fingerprint density at radius 3 is 2.80 bits per heavy atom. The number of ether oxygens (including phenoxy) is 2. The van der Waals surface area contributed by atoms with Gasteiger partial charge >= 0.3 is 0 Å². The predicted octanol–water partition coefficient (Wildman–Crippen LogP) is 2.45. The molecule has 1 fully saturated rings. The molecule has 1 aliphatic rings. The molecule has 0 saturated carbocycles. The van der Waals surface area contributed by atoms with Gasteiger partial charge in [0.25, 0.3) is 5.91 Å². The Morgan fingerprint density at radius 1 is 1.20 bits per heavy atom. The summed E-state index contributed by atoms with van der Waals surface area (Å²) in [6.45, 7) is 7.02. The van der Waals surface area contributed by atoms with E-state index in [1.165, 1.54) is 0 Å². The summed E-state index contributed by atoms with van der Waals surface area (Å²) in [7, 11) is 0. The molecule has 3 rings (SSSR count). The number of carbonyl (C=O) groups is 1. The summed E-state index contributed by atoms with van der Waals surface area (Å²) in [6.07, 6.45) is 0.418. The number of hydrogen-bond acceptors (Lipinski definition) is 4. The standard InChI is InChI=1S/C20H26N2O3/c1-16(20(23)21-10-5-11-22-12-14-24-15-13-22)25-19-9-4-7-17-6-2-3-8-18(17)19/h2-4,6-9,16H,5,10-15H2,1H3,(H,21,23). The van der Waals surface area contributed by atoms with E-state index in [4.69, 9.17) is 9.47 Å². The van der Waals surface area contributed by atoms with Crippen LogP contribution in [-0.4, -0.2) is 56.3 Å². The molecule has 1 heterocycles. The third-order valence-corrected chi connectivity index (χ3v) is 4.48. The molecule has 1 saturated heterocycles. The van der Waals surface area contributed by atoms with E-state index in [1.54, 1.807) is 6.92 Å². The number of amides is 1. The number of fused-ring (bicyclic) bond motifs is 1. The highest BCUT2D eigenvalue weighted by Crippen LogP contribution is 2.25. The van der Waals surface area contributed by atoms with Gasteiger partial charge in [0.15, 0.2) is 6.10 Å². The van der Waals surface area contributed by atoms with Crippen molar-refractivity contribution in [3.8, 4) is 5.75 Å². The molecule has 0 aliphatic carbocycles. The molecule has 0 radical (unpaired) electrons. The Labute approximate surface area is 148 Å². The smallest absolute Gasteiger partial charge is 0.260 e. The molecule has 1 amide bonds. The zero-order chi connectivity index (χ0) is 17.5. The van der Waals surface area contributed by atoms with Crippen molar-refractivity contribution in [3.63, 3.8) is 0 Å². The maximum atomic E-state index is 12.3. The molecule has 5 heteroatoms. The Kier molecular flexibility index (Phi) is 6.25. The lowest BCUT2D eigenvalue weighted by Gasteiger charge is -2.26. The molecule has 25 heavy (non-hydrogen) atoms.